The van der Waals surface area contributed by atoms with Crippen molar-refractivity contribution in [3.8, 4) is 0 Å². The Bertz CT molecular complexity index is 663. The molecule has 1 atom stereocenters. The fourth-order valence-electron chi connectivity index (χ4n) is 3.59. The molecule has 23 heavy (non-hydrogen) atoms. The van der Waals surface area contributed by atoms with Crippen LogP contribution >= 0.6 is 11.8 Å². The minimum absolute atomic E-state index is 0.390. The van der Waals surface area contributed by atoms with Gasteiger partial charge in [-0.3, -0.25) is 4.90 Å². The first-order valence-electron chi connectivity index (χ1n) is 8.13. The molecule has 6 nitrogen and oxygen atoms in total. The third-order valence-electron chi connectivity index (χ3n) is 4.80. The molecule has 124 valence electrons. The summed E-state index contributed by atoms with van der Waals surface area (Å²) in [6.45, 7) is 5.00. The van der Waals surface area contributed by atoms with E-state index in [1.807, 2.05) is 17.7 Å². The molecule has 2 aliphatic heterocycles. The van der Waals surface area contributed by atoms with Crippen LogP contribution in [-0.4, -0.2) is 46.0 Å². The topological polar surface area (TPSA) is 56.3 Å². The highest BCUT2D eigenvalue weighted by Crippen LogP contribution is 2.38. The Morgan fingerprint density at radius 1 is 1.35 bits per heavy atom. The van der Waals surface area contributed by atoms with E-state index in [0.717, 1.165) is 48.9 Å². The van der Waals surface area contributed by atoms with Crippen LogP contribution in [0, 0.1) is 5.41 Å². The van der Waals surface area contributed by atoms with E-state index in [4.69, 9.17) is 9.15 Å². The van der Waals surface area contributed by atoms with Crippen molar-refractivity contribution < 1.29 is 9.15 Å². The van der Waals surface area contributed by atoms with Crippen LogP contribution in [0.25, 0.3) is 0 Å². The van der Waals surface area contributed by atoms with E-state index in [-0.39, 0.29) is 0 Å². The van der Waals surface area contributed by atoms with Gasteiger partial charge >= 0.3 is 0 Å². The molecule has 0 aliphatic carbocycles. The van der Waals surface area contributed by atoms with E-state index < -0.39 is 0 Å². The Kier molecular flexibility index (Phi) is 4.17. The van der Waals surface area contributed by atoms with Gasteiger partial charge in [0.15, 0.2) is 10.2 Å². The third-order valence-corrected chi connectivity index (χ3v) is 5.78. The van der Waals surface area contributed by atoms with Crippen LogP contribution in [-0.2, 0) is 18.3 Å². The van der Waals surface area contributed by atoms with Gasteiger partial charge in [0.05, 0.1) is 13.2 Å². The van der Waals surface area contributed by atoms with Crippen molar-refractivity contribution in [1.82, 2.24) is 19.7 Å². The molecule has 4 heterocycles. The van der Waals surface area contributed by atoms with E-state index >= 15 is 0 Å². The fourth-order valence-corrected chi connectivity index (χ4v) is 4.33. The van der Waals surface area contributed by atoms with Gasteiger partial charge in [-0.15, -0.1) is 10.2 Å². The third kappa shape index (κ3) is 3.32. The number of aryl methyl sites for hydroxylation is 1. The standard InChI is InChI=1S/C16H22N4O2S/c1-19-12-17-18-15(19)23-14-4-3-13(22-14)9-20-7-2-5-16(10-20)6-8-21-11-16/h3-4,12H,2,5-11H2,1H3. The summed E-state index contributed by atoms with van der Waals surface area (Å²) in [5, 5.41) is 9.67. The van der Waals surface area contributed by atoms with Gasteiger partial charge < -0.3 is 13.7 Å². The highest BCUT2D eigenvalue weighted by molar-refractivity contribution is 7.99. The maximum absolute atomic E-state index is 5.97. The van der Waals surface area contributed by atoms with Crippen LogP contribution in [0.5, 0.6) is 0 Å². The molecule has 0 radical (unpaired) electrons. The first-order valence-corrected chi connectivity index (χ1v) is 8.95. The highest BCUT2D eigenvalue weighted by atomic mass is 32.2. The lowest BCUT2D eigenvalue weighted by Crippen LogP contribution is -2.43. The minimum atomic E-state index is 0.390. The van der Waals surface area contributed by atoms with Crippen molar-refractivity contribution in [3.05, 3.63) is 24.2 Å². The zero-order chi connectivity index (χ0) is 15.7. The first-order chi connectivity index (χ1) is 11.2. The number of piperidine rings is 1. The molecule has 0 amide bonds. The molecule has 2 saturated heterocycles. The van der Waals surface area contributed by atoms with E-state index in [2.05, 4.69) is 21.2 Å². The second kappa shape index (κ2) is 6.30. The van der Waals surface area contributed by atoms with Crippen LogP contribution in [0.4, 0.5) is 0 Å². The lowest BCUT2D eigenvalue weighted by Gasteiger charge is -2.39. The number of hydrogen-bond donors (Lipinski definition) is 0. The summed E-state index contributed by atoms with van der Waals surface area (Å²) in [6.07, 6.45) is 5.46. The Hall–Kier alpha value is -1.31. The molecular weight excluding hydrogens is 312 g/mol. The maximum Gasteiger partial charge on any atom is 0.198 e. The van der Waals surface area contributed by atoms with Crippen LogP contribution in [0.15, 0.2) is 33.1 Å². The summed E-state index contributed by atoms with van der Waals surface area (Å²) < 4.78 is 13.5. The summed E-state index contributed by atoms with van der Waals surface area (Å²) >= 11 is 1.51. The van der Waals surface area contributed by atoms with Gasteiger partial charge in [0.2, 0.25) is 0 Å². The van der Waals surface area contributed by atoms with Gasteiger partial charge in [-0.2, -0.15) is 0 Å². The summed E-state index contributed by atoms with van der Waals surface area (Å²) in [5.74, 6) is 1.02. The molecular formula is C16H22N4O2S. The lowest BCUT2D eigenvalue weighted by atomic mass is 9.79. The molecule has 2 aliphatic rings. The van der Waals surface area contributed by atoms with Crippen molar-refractivity contribution in [2.45, 2.75) is 36.1 Å². The number of furan rings is 1. The Morgan fingerprint density at radius 2 is 2.30 bits per heavy atom. The second-order valence-corrected chi connectivity index (χ2v) is 7.64. The van der Waals surface area contributed by atoms with Crippen molar-refractivity contribution in [2.75, 3.05) is 26.3 Å². The maximum atomic E-state index is 5.97. The largest absolute Gasteiger partial charge is 0.453 e. The molecule has 1 unspecified atom stereocenters. The number of nitrogens with zero attached hydrogens (tertiary/aromatic N) is 4. The van der Waals surface area contributed by atoms with Gasteiger partial charge in [0.1, 0.15) is 12.1 Å². The molecule has 1 spiro atoms. The number of ether oxygens (including phenoxy) is 1. The smallest absolute Gasteiger partial charge is 0.198 e. The van der Waals surface area contributed by atoms with Crippen LogP contribution in [0.1, 0.15) is 25.0 Å². The number of likely N-dealkylation sites (tertiary alicyclic amines) is 1. The lowest BCUT2D eigenvalue weighted by molar-refractivity contribution is 0.0602. The quantitative estimate of drug-likeness (QED) is 0.856. The van der Waals surface area contributed by atoms with Gasteiger partial charge in [0.25, 0.3) is 0 Å². The Balaban J connectivity index is 1.38. The number of rotatable bonds is 4. The van der Waals surface area contributed by atoms with Gasteiger partial charge in [-0.1, -0.05) is 0 Å². The predicted molar refractivity (Wildman–Crippen MR) is 86.2 cm³/mol. The number of aromatic nitrogens is 3. The van der Waals surface area contributed by atoms with Crippen LogP contribution in [0.2, 0.25) is 0 Å². The molecule has 2 aromatic heterocycles. The van der Waals surface area contributed by atoms with Crippen molar-refractivity contribution >= 4 is 11.8 Å². The van der Waals surface area contributed by atoms with Crippen molar-refractivity contribution in [3.63, 3.8) is 0 Å². The number of hydrogen-bond acceptors (Lipinski definition) is 6. The van der Waals surface area contributed by atoms with E-state index in [0.29, 0.717) is 5.41 Å². The molecule has 2 aromatic rings. The highest BCUT2D eigenvalue weighted by Gasteiger charge is 2.38. The molecule has 0 aromatic carbocycles. The van der Waals surface area contributed by atoms with E-state index in [1.165, 1.54) is 31.0 Å². The van der Waals surface area contributed by atoms with Crippen LogP contribution in [0.3, 0.4) is 0 Å². The molecule has 2 fully saturated rings. The van der Waals surface area contributed by atoms with Gasteiger partial charge in [0, 0.05) is 25.6 Å². The summed E-state index contributed by atoms with van der Waals surface area (Å²) in [5.41, 5.74) is 0.390. The Morgan fingerprint density at radius 3 is 3.09 bits per heavy atom. The molecule has 0 saturated carbocycles. The first kappa shape index (κ1) is 15.2. The normalized spacial score (nSPS) is 25.4. The molecule has 4 rings (SSSR count). The second-order valence-electron chi connectivity index (χ2n) is 6.66. The zero-order valence-corrected chi connectivity index (χ0v) is 14.2. The van der Waals surface area contributed by atoms with Gasteiger partial charge in [-0.05, 0) is 49.7 Å². The monoisotopic (exact) mass is 334 g/mol. The van der Waals surface area contributed by atoms with Gasteiger partial charge in [-0.25, -0.2) is 0 Å². The zero-order valence-electron chi connectivity index (χ0n) is 13.4. The molecule has 7 heteroatoms. The average molecular weight is 334 g/mol. The van der Waals surface area contributed by atoms with E-state index in [9.17, 15) is 0 Å². The summed E-state index contributed by atoms with van der Waals surface area (Å²) in [7, 11) is 1.93. The van der Waals surface area contributed by atoms with Crippen LogP contribution < -0.4 is 0 Å². The molecule has 0 N–H and O–H groups in total. The molecule has 0 bridgehead atoms. The minimum Gasteiger partial charge on any atom is -0.453 e. The average Bonchev–Trinajstić information content (AvgIpc) is 3.25. The summed E-state index contributed by atoms with van der Waals surface area (Å²) in [6, 6.07) is 4.10. The Labute approximate surface area is 140 Å². The van der Waals surface area contributed by atoms with Crippen molar-refractivity contribution in [2.24, 2.45) is 12.5 Å². The SMILES string of the molecule is Cn1cnnc1Sc1ccc(CN2CCCC3(CCOC3)C2)o1. The fraction of sp³-hybridized carbons (Fsp3) is 0.625. The summed E-state index contributed by atoms with van der Waals surface area (Å²) in [4.78, 5) is 2.51. The van der Waals surface area contributed by atoms with E-state index in [1.54, 1.807) is 6.33 Å². The predicted octanol–water partition coefficient (Wildman–Crippen LogP) is 2.56. The van der Waals surface area contributed by atoms with Crippen molar-refractivity contribution in [1.29, 1.82) is 0 Å².